The van der Waals surface area contributed by atoms with Crippen LogP contribution < -0.4 is 5.32 Å². The largest absolute Gasteiger partial charge is 0.317 e. The number of hydrogen-bond donors (Lipinski definition) is 1. The van der Waals surface area contributed by atoms with Crippen LogP contribution in [0.2, 0.25) is 0 Å². The summed E-state index contributed by atoms with van der Waals surface area (Å²) in [5.41, 5.74) is 1.17. The first-order valence-electron chi connectivity index (χ1n) is 6.52. The van der Waals surface area contributed by atoms with Gasteiger partial charge < -0.3 is 5.32 Å². The lowest BCUT2D eigenvalue weighted by molar-refractivity contribution is 0.543. The average Bonchev–Trinajstić information content (AvgIpc) is 2.36. The molecule has 1 rings (SSSR count). The molecule has 1 atom stereocenters. The van der Waals surface area contributed by atoms with Gasteiger partial charge >= 0.3 is 0 Å². The lowest BCUT2D eigenvalue weighted by atomic mass is 10.0. The van der Waals surface area contributed by atoms with E-state index in [9.17, 15) is 8.42 Å². The predicted molar refractivity (Wildman–Crippen MR) is 75.6 cm³/mol. The number of benzene rings is 1. The molecule has 1 unspecified atom stereocenters. The van der Waals surface area contributed by atoms with Gasteiger partial charge in [-0.2, -0.15) is 0 Å². The highest BCUT2D eigenvalue weighted by molar-refractivity contribution is 7.91. The van der Waals surface area contributed by atoms with Crippen molar-refractivity contribution in [1.82, 2.24) is 5.32 Å². The molecule has 0 heterocycles. The van der Waals surface area contributed by atoms with Crippen LogP contribution in [-0.2, 0) is 16.3 Å². The minimum absolute atomic E-state index is 0.223. The van der Waals surface area contributed by atoms with Crippen molar-refractivity contribution in [2.24, 2.45) is 0 Å². The van der Waals surface area contributed by atoms with Crippen LogP contribution in [0.25, 0.3) is 0 Å². The molecule has 1 N–H and O–H groups in total. The number of likely N-dealkylation sites (N-methyl/N-ethyl adjacent to an activating group) is 1. The normalized spacial score (nSPS) is 13.5. The first kappa shape index (κ1) is 15.2. The maximum absolute atomic E-state index is 11.9. The van der Waals surface area contributed by atoms with Gasteiger partial charge in [0.15, 0.2) is 9.84 Å². The molecule has 0 amide bonds. The Hall–Kier alpha value is -0.870. The van der Waals surface area contributed by atoms with E-state index in [0.29, 0.717) is 17.4 Å². The van der Waals surface area contributed by atoms with E-state index in [-0.39, 0.29) is 5.75 Å². The van der Waals surface area contributed by atoms with Crippen molar-refractivity contribution < 1.29 is 8.42 Å². The number of sulfone groups is 1. The zero-order valence-corrected chi connectivity index (χ0v) is 12.3. The highest BCUT2D eigenvalue weighted by atomic mass is 32.2. The molecule has 1 aromatic carbocycles. The summed E-state index contributed by atoms with van der Waals surface area (Å²) in [6.45, 7) is 4.02. The molecule has 3 nitrogen and oxygen atoms in total. The SMILES string of the molecule is CCCS(=O)(=O)c1ccc(CC(CC)NC)cc1. The summed E-state index contributed by atoms with van der Waals surface area (Å²) in [5, 5.41) is 3.25. The molecule has 18 heavy (non-hydrogen) atoms. The summed E-state index contributed by atoms with van der Waals surface area (Å²) in [6, 6.07) is 7.74. The molecule has 0 saturated heterocycles. The van der Waals surface area contributed by atoms with Gasteiger partial charge in [0.2, 0.25) is 0 Å². The van der Waals surface area contributed by atoms with Crippen LogP contribution in [0.5, 0.6) is 0 Å². The number of rotatable bonds is 7. The molecule has 4 heteroatoms. The molecule has 0 bridgehead atoms. The summed E-state index contributed by atoms with van der Waals surface area (Å²) in [6.07, 6.45) is 2.65. The van der Waals surface area contributed by atoms with Crippen LogP contribution in [0.3, 0.4) is 0 Å². The molecular weight excluding hydrogens is 246 g/mol. The molecule has 0 aliphatic carbocycles. The summed E-state index contributed by atoms with van der Waals surface area (Å²) >= 11 is 0. The first-order chi connectivity index (χ1) is 8.53. The van der Waals surface area contributed by atoms with Gasteiger partial charge in [0.1, 0.15) is 0 Å². The molecule has 102 valence electrons. The van der Waals surface area contributed by atoms with Gasteiger partial charge in [-0.1, -0.05) is 26.0 Å². The van der Waals surface area contributed by atoms with Gasteiger partial charge in [-0.3, -0.25) is 0 Å². The van der Waals surface area contributed by atoms with Crippen LogP contribution in [-0.4, -0.2) is 27.3 Å². The van der Waals surface area contributed by atoms with Crippen LogP contribution >= 0.6 is 0 Å². The zero-order chi connectivity index (χ0) is 13.6. The Labute approximate surface area is 111 Å². The van der Waals surface area contributed by atoms with Gasteiger partial charge in [-0.25, -0.2) is 8.42 Å². The Morgan fingerprint density at radius 2 is 1.78 bits per heavy atom. The third-order valence-electron chi connectivity index (χ3n) is 3.14. The lowest BCUT2D eigenvalue weighted by Gasteiger charge is -2.13. The molecule has 0 aliphatic heterocycles. The predicted octanol–water partition coefficient (Wildman–Crippen LogP) is 2.41. The Morgan fingerprint density at radius 1 is 1.17 bits per heavy atom. The molecule has 0 aromatic heterocycles. The highest BCUT2D eigenvalue weighted by Crippen LogP contribution is 2.14. The highest BCUT2D eigenvalue weighted by Gasteiger charge is 2.13. The van der Waals surface area contributed by atoms with Crippen molar-refractivity contribution in [3.8, 4) is 0 Å². The van der Waals surface area contributed by atoms with Crippen LogP contribution in [0.4, 0.5) is 0 Å². The Kier molecular flexibility index (Phi) is 5.82. The van der Waals surface area contributed by atoms with Crippen LogP contribution in [0.15, 0.2) is 29.2 Å². The van der Waals surface area contributed by atoms with E-state index in [1.165, 1.54) is 5.56 Å². The van der Waals surface area contributed by atoms with E-state index in [1.807, 2.05) is 26.1 Å². The summed E-state index contributed by atoms with van der Waals surface area (Å²) in [4.78, 5) is 0.436. The minimum Gasteiger partial charge on any atom is -0.317 e. The van der Waals surface area contributed by atoms with E-state index in [0.717, 1.165) is 12.8 Å². The lowest BCUT2D eigenvalue weighted by Crippen LogP contribution is -2.26. The van der Waals surface area contributed by atoms with Crippen LogP contribution in [0.1, 0.15) is 32.3 Å². The summed E-state index contributed by atoms with van der Waals surface area (Å²) < 4.78 is 23.7. The van der Waals surface area contributed by atoms with E-state index < -0.39 is 9.84 Å². The van der Waals surface area contributed by atoms with Crippen LogP contribution in [0, 0.1) is 0 Å². The molecule has 0 saturated carbocycles. The minimum atomic E-state index is -3.08. The standard InChI is InChI=1S/C14H23NO2S/c1-4-10-18(16,17)14-8-6-12(7-9-14)11-13(5-2)15-3/h6-9,13,15H,4-5,10-11H2,1-3H3. The smallest absolute Gasteiger partial charge is 0.178 e. The van der Waals surface area contributed by atoms with Gasteiger partial charge in [0, 0.05) is 6.04 Å². The van der Waals surface area contributed by atoms with Crippen molar-refractivity contribution in [2.45, 2.75) is 44.0 Å². The third kappa shape index (κ3) is 4.10. The van der Waals surface area contributed by atoms with Gasteiger partial charge in [0.05, 0.1) is 10.6 Å². The third-order valence-corrected chi connectivity index (χ3v) is 5.07. The monoisotopic (exact) mass is 269 g/mol. The van der Waals surface area contributed by atoms with Crippen molar-refractivity contribution in [3.63, 3.8) is 0 Å². The van der Waals surface area contributed by atoms with Gasteiger partial charge in [-0.05, 0) is 44.0 Å². The fraction of sp³-hybridized carbons (Fsp3) is 0.571. The Morgan fingerprint density at radius 3 is 2.22 bits per heavy atom. The van der Waals surface area contributed by atoms with Crippen molar-refractivity contribution >= 4 is 9.84 Å². The van der Waals surface area contributed by atoms with Crippen molar-refractivity contribution in [3.05, 3.63) is 29.8 Å². The van der Waals surface area contributed by atoms with Gasteiger partial charge in [-0.15, -0.1) is 0 Å². The average molecular weight is 269 g/mol. The molecule has 0 aliphatic rings. The number of nitrogens with one attached hydrogen (secondary N) is 1. The summed E-state index contributed by atoms with van der Waals surface area (Å²) in [5.74, 6) is 0.223. The fourth-order valence-corrected chi connectivity index (χ4v) is 3.28. The van der Waals surface area contributed by atoms with Crippen molar-refractivity contribution in [2.75, 3.05) is 12.8 Å². The Bertz CT molecular complexity index is 447. The number of hydrogen-bond acceptors (Lipinski definition) is 3. The second-order valence-corrected chi connectivity index (χ2v) is 6.67. The van der Waals surface area contributed by atoms with E-state index in [1.54, 1.807) is 12.1 Å². The first-order valence-corrected chi connectivity index (χ1v) is 8.17. The molecular formula is C14H23NO2S. The molecule has 0 spiro atoms. The quantitative estimate of drug-likeness (QED) is 0.827. The maximum atomic E-state index is 11.9. The second kappa shape index (κ2) is 6.90. The fourth-order valence-electron chi connectivity index (χ4n) is 1.95. The second-order valence-electron chi connectivity index (χ2n) is 4.56. The molecule has 0 radical (unpaired) electrons. The van der Waals surface area contributed by atoms with E-state index >= 15 is 0 Å². The topological polar surface area (TPSA) is 46.2 Å². The molecule has 1 aromatic rings. The van der Waals surface area contributed by atoms with E-state index in [2.05, 4.69) is 12.2 Å². The van der Waals surface area contributed by atoms with E-state index in [4.69, 9.17) is 0 Å². The Balaban J connectivity index is 2.80. The molecule has 0 fully saturated rings. The maximum Gasteiger partial charge on any atom is 0.178 e. The zero-order valence-electron chi connectivity index (χ0n) is 11.4. The van der Waals surface area contributed by atoms with Gasteiger partial charge in [0.25, 0.3) is 0 Å². The van der Waals surface area contributed by atoms with Crippen molar-refractivity contribution in [1.29, 1.82) is 0 Å². The summed E-state index contributed by atoms with van der Waals surface area (Å²) in [7, 11) is -1.13.